The third-order valence-electron chi connectivity index (χ3n) is 2.86. The highest BCUT2D eigenvalue weighted by Gasteiger charge is 2.11. The van der Waals surface area contributed by atoms with Gasteiger partial charge in [0.1, 0.15) is 0 Å². The van der Waals surface area contributed by atoms with Crippen LogP contribution in [-0.2, 0) is 16.1 Å². The molecule has 0 heterocycles. The first-order valence-electron chi connectivity index (χ1n) is 6.02. The molecule has 0 amide bonds. The molecule has 0 saturated heterocycles. The van der Waals surface area contributed by atoms with E-state index in [2.05, 4.69) is 32.0 Å². The predicted octanol–water partition coefficient (Wildman–Crippen LogP) is 1.84. The van der Waals surface area contributed by atoms with E-state index in [1.165, 1.54) is 11.1 Å². The normalized spacial score (nSPS) is 10.9. The minimum atomic E-state index is -0.809. The van der Waals surface area contributed by atoms with Crippen LogP contribution in [-0.4, -0.2) is 42.8 Å². The number of aryl methyl sites for hydroxylation is 2. The molecule has 1 N–H and O–H groups in total. The van der Waals surface area contributed by atoms with Crippen molar-refractivity contribution in [2.45, 2.75) is 20.4 Å². The summed E-state index contributed by atoms with van der Waals surface area (Å²) in [6.45, 7) is 5.95. The maximum atomic E-state index is 10.8. The van der Waals surface area contributed by atoms with Crippen molar-refractivity contribution in [2.24, 2.45) is 0 Å². The summed E-state index contributed by atoms with van der Waals surface area (Å²) in [6.07, 6.45) is 0. The van der Waals surface area contributed by atoms with Gasteiger partial charge in [-0.2, -0.15) is 0 Å². The Morgan fingerprint density at radius 3 is 2.67 bits per heavy atom. The third-order valence-corrected chi connectivity index (χ3v) is 2.86. The minimum absolute atomic E-state index is 0.0384. The lowest BCUT2D eigenvalue weighted by atomic mass is 10.1. The maximum Gasteiger partial charge on any atom is 0.317 e. The maximum absolute atomic E-state index is 10.8. The Balaban J connectivity index is 2.71. The summed E-state index contributed by atoms with van der Waals surface area (Å²) >= 11 is 0. The van der Waals surface area contributed by atoms with Crippen LogP contribution in [0, 0.1) is 13.8 Å². The number of nitrogens with zero attached hydrogens (tertiary/aromatic N) is 1. The van der Waals surface area contributed by atoms with E-state index in [9.17, 15) is 4.79 Å². The zero-order chi connectivity index (χ0) is 13.5. The molecule has 100 valence electrons. The zero-order valence-electron chi connectivity index (χ0n) is 11.3. The highest BCUT2D eigenvalue weighted by Crippen LogP contribution is 2.13. The van der Waals surface area contributed by atoms with Gasteiger partial charge in [-0.05, 0) is 25.0 Å². The molecule has 0 aliphatic heterocycles. The largest absolute Gasteiger partial charge is 0.480 e. The van der Waals surface area contributed by atoms with Gasteiger partial charge >= 0.3 is 5.97 Å². The molecular formula is C14H21NO3. The predicted molar refractivity (Wildman–Crippen MR) is 70.7 cm³/mol. The van der Waals surface area contributed by atoms with E-state index >= 15 is 0 Å². The lowest BCUT2D eigenvalue weighted by molar-refractivity contribution is -0.138. The molecule has 0 spiro atoms. The van der Waals surface area contributed by atoms with Crippen LogP contribution in [0.5, 0.6) is 0 Å². The fourth-order valence-corrected chi connectivity index (χ4v) is 1.89. The number of carbonyl (C=O) groups is 1. The Labute approximate surface area is 108 Å². The second kappa shape index (κ2) is 7.13. The van der Waals surface area contributed by atoms with Crippen molar-refractivity contribution < 1.29 is 14.6 Å². The van der Waals surface area contributed by atoms with Crippen molar-refractivity contribution >= 4 is 5.97 Å². The molecule has 1 rings (SSSR count). The zero-order valence-corrected chi connectivity index (χ0v) is 11.3. The molecule has 18 heavy (non-hydrogen) atoms. The Bertz CT molecular complexity index is 404. The molecule has 0 fully saturated rings. The molecule has 4 nitrogen and oxygen atoms in total. The Kier molecular flexibility index (Phi) is 5.82. The van der Waals surface area contributed by atoms with E-state index in [4.69, 9.17) is 9.84 Å². The van der Waals surface area contributed by atoms with Gasteiger partial charge in [-0.25, -0.2) is 0 Å². The molecule has 0 radical (unpaired) electrons. The molecule has 0 unspecified atom stereocenters. The first-order valence-corrected chi connectivity index (χ1v) is 6.02. The number of hydrogen-bond donors (Lipinski definition) is 1. The number of benzene rings is 1. The monoisotopic (exact) mass is 251 g/mol. The van der Waals surface area contributed by atoms with Crippen LogP contribution in [0.25, 0.3) is 0 Å². The molecule has 1 aromatic carbocycles. The van der Waals surface area contributed by atoms with Crippen LogP contribution in [0.1, 0.15) is 16.7 Å². The van der Waals surface area contributed by atoms with Crippen molar-refractivity contribution in [2.75, 3.05) is 26.8 Å². The van der Waals surface area contributed by atoms with Gasteiger partial charge in [0, 0.05) is 20.2 Å². The molecular weight excluding hydrogens is 230 g/mol. The Morgan fingerprint density at radius 2 is 2.11 bits per heavy atom. The van der Waals surface area contributed by atoms with Gasteiger partial charge in [0.05, 0.1) is 13.2 Å². The summed E-state index contributed by atoms with van der Waals surface area (Å²) in [5.74, 6) is -0.809. The van der Waals surface area contributed by atoms with E-state index in [-0.39, 0.29) is 6.54 Å². The lowest BCUT2D eigenvalue weighted by Gasteiger charge is -2.21. The number of hydrogen-bond acceptors (Lipinski definition) is 3. The quantitative estimate of drug-likeness (QED) is 0.803. The summed E-state index contributed by atoms with van der Waals surface area (Å²) < 4.78 is 5.01. The van der Waals surface area contributed by atoms with Crippen molar-refractivity contribution in [3.05, 3.63) is 34.9 Å². The fraction of sp³-hybridized carbons (Fsp3) is 0.500. The van der Waals surface area contributed by atoms with E-state index in [0.29, 0.717) is 19.7 Å². The SMILES string of the molecule is COCCN(CC(=O)O)Cc1ccc(C)cc1C. The number of ether oxygens (including phenoxy) is 1. The van der Waals surface area contributed by atoms with Gasteiger partial charge in [0.15, 0.2) is 0 Å². The summed E-state index contributed by atoms with van der Waals surface area (Å²) in [5, 5.41) is 8.89. The van der Waals surface area contributed by atoms with Crippen molar-refractivity contribution in [3.63, 3.8) is 0 Å². The molecule has 0 bridgehead atoms. The first-order chi connectivity index (χ1) is 8.52. The second-order valence-corrected chi connectivity index (χ2v) is 4.53. The van der Waals surface area contributed by atoms with Gasteiger partial charge in [-0.1, -0.05) is 23.8 Å². The fourth-order valence-electron chi connectivity index (χ4n) is 1.89. The summed E-state index contributed by atoms with van der Waals surface area (Å²) in [6, 6.07) is 6.23. The topological polar surface area (TPSA) is 49.8 Å². The van der Waals surface area contributed by atoms with Crippen molar-refractivity contribution in [3.8, 4) is 0 Å². The van der Waals surface area contributed by atoms with Crippen LogP contribution in [0.15, 0.2) is 18.2 Å². The molecule has 0 atom stereocenters. The van der Waals surface area contributed by atoms with Crippen LogP contribution in [0.4, 0.5) is 0 Å². The van der Waals surface area contributed by atoms with Crippen molar-refractivity contribution in [1.29, 1.82) is 0 Å². The summed E-state index contributed by atoms with van der Waals surface area (Å²) in [5.41, 5.74) is 3.58. The minimum Gasteiger partial charge on any atom is -0.480 e. The van der Waals surface area contributed by atoms with Gasteiger partial charge in [-0.3, -0.25) is 9.69 Å². The number of methoxy groups -OCH3 is 1. The molecule has 0 aromatic heterocycles. The van der Waals surface area contributed by atoms with Crippen LogP contribution < -0.4 is 0 Å². The molecule has 4 heteroatoms. The van der Waals surface area contributed by atoms with Gasteiger partial charge in [-0.15, -0.1) is 0 Å². The average molecular weight is 251 g/mol. The molecule has 0 aliphatic carbocycles. The lowest BCUT2D eigenvalue weighted by Crippen LogP contribution is -2.32. The van der Waals surface area contributed by atoms with Crippen LogP contribution >= 0.6 is 0 Å². The van der Waals surface area contributed by atoms with Gasteiger partial charge in [0.2, 0.25) is 0 Å². The number of carboxylic acid groups (broad SMARTS) is 1. The highest BCUT2D eigenvalue weighted by atomic mass is 16.5. The standard InChI is InChI=1S/C14H21NO3/c1-11-4-5-13(12(2)8-11)9-15(6-7-18-3)10-14(16)17/h4-5,8H,6-7,9-10H2,1-3H3,(H,16,17). The first kappa shape index (κ1) is 14.7. The van der Waals surface area contributed by atoms with E-state index in [1.807, 2.05) is 4.90 Å². The van der Waals surface area contributed by atoms with Gasteiger partial charge < -0.3 is 9.84 Å². The number of rotatable bonds is 7. The highest BCUT2D eigenvalue weighted by molar-refractivity contribution is 5.69. The number of aliphatic carboxylic acids is 1. The van der Waals surface area contributed by atoms with Crippen molar-refractivity contribution in [1.82, 2.24) is 4.90 Å². The number of carboxylic acids is 1. The summed E-state index contributed by atoms with van der Waals surface area (Å²) in [4.78, 5) is 12.7. The van der Waals surface area contributed by atoms with E-state index < -0.39 is 5.97 Å². The molecule has 0 saturated carbocycles. The van der Waals surface area contributed by atoms with E-state index in [1.54, 1.807) is 7.11 Å². The van der Waals surface area contributed by atoms with Crippen LogP contribution in [0.3, 0.4) is 0 Å². The smallest absolute Gasteiger partial charge is 0.317 e. The second-order valence-electron chi connectivity index (χ2n) is 4.53. The molecule has 0 aliphatic rings. The van der Waals surface area contributed by atoms with E-state index in [0.717, 1.165) is 5.56 Å². The Morgan fingerprint density at radius 1 is 1.39 bits per heavy atom. The summed E-state index contributed by atoms with van der Waals surface area (Å²) in [7, 11) is 1.62. The average Bonchev–Trinajstić information content (AvgIpc) is 2.29. The third kappa shape index (κ3) is 4.85. The Hall–Kier alpha value is -1.39. The molecule has 1 aromatic rings. The van der Waals surface area contributed by atoms with Gasteiger partial charge in [0.25, 0.3) is 0 Å². The van der Waals surface area contributed by atoms with Crippen LogP contribution in [0.2, 0.25) is 0 Å².